The molecule has 1 aromatic heterocycles. The third-order valence-corrected chi connectivity index (χ3v) is 6.69. The van der Waals surface area contributed by atoms with Crippen LogP contribution in [0.3, 0.4) is 0 Å². The van der Waals surface area contributed by atoms with Gasteiger partial charge in [-0.05, 0) is 41.8 Å². The lowest BCUT2D eigenvalue weighted by atomic mass is 10.0. The van der Waals surface area contributed by atoms with Crippen molar-refractivity contribution < 1.29 is 18.7 Å². The summed E-state index contributed by atoms with van der Waals surface area (Å²) in [5, 5.41) is 3.29. The first-order chi connectivity index (χ1) is 20.6. The van der Waals surface area contributed by atoms with E-state index < -0.39 is 11.9 Å². The monoisotopic (exact) mass is 561 g/mol. The largest absolute Gasteiger partial charge is 0.486 e. The van der Waals surface area contributed by atoms with Gasteiger partial charge in [-0.3, -0.25) is 0 Å². The van der Waals surface area contributed by atoms with Crippen LogP contribution in [-0.4, -0.2) is 28.6 Å². The Morgan fingerprint density at radius 1 is 0.857 bits per heavy atom. The highest BCUT2D eigenvalue weighted by Gasteiger charge is 2.23. The van der Waals surface area contributed by atoms with Gasteiger partial charge in [-0.2, -0.15) is 0 Å². The Kier molecular flexibility index (Phi) is 9.52. The van der Waals surface area contributed by atoms with Crippen LogP contribution in [0.5, 0.6) is 5.75 Å². The average molecular weight is 562 g/mol. The summed E-state index contributed by atoms with van der Waals surface area (Å²) in [4.78, 5) is 22.5. The molecule has 0 saturated heterocycles. The van der Waals surface area contributed by atoms with Crippen LogP contribution >= 0.6 is 0 Å². The highest BCUT2D eigenvalue weighted by atomic mass is 19.1. The maximum Gasteiger partial charge on any atom is 0.328 e. The van der Waals surface area contributed by atoms with Crippen LogP contribution in [0.15, 0.2) is 115 Å². The fourth-order valence-electron chi connectivity index (χ4n) is 4.56. The van der Waals surface area contributed by atoms with E-state index in [-0.39, 0.29) is 24.9 Å². The normalized spacial score (nSPS) is 11.5. The predicted molar refractivity (Wildman–Crippen MR) is 162 cm³/mol. The molecule has 42 heavy (non-hydrogen) atoms. The minimum Gasteiger partial charge on any atom is -0.486 e. The number of anilines is 1. The van der Waals surface area contributed by atoms with E-state index in [9.17, 15) is 4.79 Å². The fraction of sp³-hybridized carbons (Fsp3) is 0.171. The van der Waals surface area contributed by atoms with Gasteiger partial charge in [-0.25, -0.2) is 19.2 Å². The van der Waals surface area contributed by atoms with Crippen molar-refractivity contribution in [2.24, 2.45) is 0 Å². The quantitative estimate of drug-likeness (QED) is 0.165. The van der Waals surface area contributed by atoms with Crippen molar-refractivity contribution in [2.75, 3.05) is 11.9 Å². The zero-order valence-electron chi connectivity index (χ0n) is 23.4. The van der Waals surface area contributed by atoms with E-state index in [1.165, 1.54) is 6.07 Å². The minimum absolute atomic E-state index is 0.163. The molecule has 5 rings (SSSR count). The number of halogens is 1. The van der Waals surface area contributed by atoms with Crippen LogP contribution in [0, 0.1) is 5.82 Å². The van der Waals surface area contributed by atoms with Crippen LogP contribution in [-0.2, 0) is 29.0 Å². The van der Waals surface area contributed by atoms with Crippen molar-refractivity contribution in [3.05, 3.63) is 144 Å². The molecule has 0 aliphatic rings. The van der Waals surface area contributed by atoms with Crippen LogP contribution in [0.25, 0.3) is 11.3 Å². The van der Waals surface area contributed by atoms with Gasteiger partial charge in [0.05, 0.1) is 24.2 Å². The van der Waals surface area contributed by atoms with E-state index in [4.69, 9.17) is 14.5 Å². The third kappa shape index (κ3) is 7.57. The van der Waals surface area contributed by atoms with Crippen molar-refractivity contribution in [3.8, 4) is 17.0 Å². The van der Waals surface area contributed by atoms with Crippen LogP contribution in [0.1, 0.15) is 29.3 Å². The number of nitrogens with one attached hydrogen (secondary N) is 1. The maximum atomic E-state index is 15.1. The molecule has 0 radical (unpaired) electrons. The number of carbonyl (C=O) groups is 1. The van der Waals surface area contributed by atoms with Gasteiger partial charge in [0.2, 0.25) is 0 Å². The molecule has 5 aromatic rings. The molecule has 1 N–H and O–H groups in total. The molecule has 0 saturated carbocycles. The lowest BCUT2D eigenvalue weighted by Crippen LogP contribution is -2.34. The van der Waals surface area contributed by atoms with E-state index in [2.05, 4.69) is 10.3 Å². The van der Waals surface area contributed by atoms with Crippen molar-refractivity contribution in [2.45, 2.75) is 32.4 Å². The molecule has 212 valence electrons. The third-order valence-electron chi connectivity index (χ3n) is 6.69. The van der Waals surface area contributed by atoms with Gasteiger partial charge in [0.1, 0.15) is 18.5 Å². The summed E-state index contributed by atoms with van der Waals surface area (Å²) in [5.74, 6) is -0.218. The van der Waals surface area contributed by atoms with Gasteiger partial charge >= 0.3 is 5.97 Å². The molecule has 0 unspecified atom stereocenters. The summed E-state index contributed by atoms with van der Waals surface area (Å²) in [7, 11) is 0. The topological polar surface area (TPSA) is 73.3 Å². The summed E-state index contributed by atoms with van der Waals surface area (Å²) in [6.45, 7) is 2.32. The lowest BCUT2D eigenvalue weighted by molar-refractivity contribution is -0.144. The number of esters is 1. The minimum atomic E-state index is -0.666. The van der Waals surface area contributed by atoms with Gasteiger partial charge < -0.3 is 14.8 Å². The van der Waals surface area contributed by atoms with Gasteiger partial charge in [0.15, 0.2) is 11.6 Å². The summed E-state index contributed by atoms with van der Waals surface area (Å²) in [5.41, 5.74) is 4.68. The molecular formula is C35H32FN3O3. The summed E-state index contributed by atoms with van der Waals surface area (Å²) < 4.78 is 26.1. The molecule has 0 bridgehead atoms. The molecule has 0 aliphatic heterocycles. The number of nitrogens with zero attached hydrogens (tertiary/aromatic N) is 2. The van der Waals surface area contributed by atoms with Crippen molar-refractivity contribution in [1.29, 1.82) is 0 Å². The van der Waals surface area contributed by atoms with Crippen molar-refractivity contribution >= 4 is 11.8 Å². The number of aromatic nitrogens is 2. The predicted octanol–water partition coefficient (Wildman–Crippen LogP) is 7.04. The Hall–Kier alpha value is -5.04. The molecular weight excluding hydrogens is 529 g/mol. The Labute approximate surface area is 245 Å². The van der Waals surface area contributed by atoms with Gasteiger partial charge in [0, 0.05) is 18.4 Å². The van der Waals surface area contributed by atoms with Crippen LogP contribution in [0.4, 0.5) is 10.2 Å². The molecule has 7 heteroatoms. The van der Waals surface area contributed by atoms with Gasteiger partial charge in [0.25, 0.3) is 0 Å². The number of rotatable bonds is 12. The van der Waals surface area contributed by atoms with Gasteiger partial charge in [-0.15, -0.1) is 0 Å². The van der Waals surface area contributed by atoms with E-state index in [1.807, 2.05) is 91.0 Å². The number of hydrogen-bond acceptors (Lipinski definition) is 6. The molecule has 1 atom stereocenters. The second kappa shape index (κ2) is 14.0. The molecule has 1 heterocycles. The van der Waals surface area contributed by atoms with E-state index >= 15 is 4.39 Å². The molecule has 4 aromatic carbocycles. The molecule has 0 amide bonds. The average Bonchev–Trinajstić information content (AvgIpc) is 3.02. The van der Waals surface area contributed by atoms with Gasteiger partial charge in [-0.1, -0.05) is 91.0 Å². The molecule has 6 nitrogen and oxygen atoms in total. The Morgan fingerprint density at radius 3 is 2.14 bits per heavy atom. The lowest BCUT2D eigenvalue weighted by Gasteiger charge is -2.20. The zero-order chi connectivity index (χ0) is 29.1. The van der Waals surface area contributed by atoms with Crippen LogP contribution < -0.4 is 10.1 Å². The first-order valence-corrected chi connectivity index (χ1v) is 13.9. The zero-order valence-corrected chi connectivity index (χ0v) is 23.4. The molecule has 0 spiro atoms. The maximum absolute atomic E-state index is 15.1. The van der Waals surface area contributed by atoms with E-state index in [1.54, 1.807) is 25.3 Å². The van der Waals surface area contributed by atoms with E-state index in [0.717, 1.165) is 16.7 Å². The second-order valence-electron chi connectivity index (χ2n) is 9.77. The summed E-state index contributed by atoms with van der Waals surface area (Å²) in [6, 6.07) is 33.3. The number of ether oxygens (including phenoxy) is 2. The first kappa shape index (κ1) is 28.5. The first-order valence-electron chi connectivity index (χ1n) is 13.9. The Bertz CT molecular complexity index is 1600. The SMILES string of the molecule is CCOC(=O)[C@H](Cc1ccccc1)Nc1ncc(-c2ccc(OCc3ccccc3)c(F)c2)nc1Cc1ccccc1. The molecule has 0 aliphatic carbocycles. The van der Waals surface area contributed by atoms with Crippen molar-refractivity contribution in [3.63, 3.8) is 0 Å². The second-order valence-corrected chi connectivity index (χ2v) is 9.77. The summed E-state index contributed by atoms with van der Waals surface area (Å²) in [6.07, 6.45) is 2.47. The fourth-order valence-corrected chi connectivity index (χ4v) is 4.56. The molecule has 0 fully saturated rings. The number of carbonyl (C=O) groups excluding carboxylic acids is 1. The number of hydrogen-bond donors (Lipinski definition) is 1. The van der Waals surface area contributed by atoms with Crippen LogP contribution in [0.2, 0.25) is 0 Å². The Morgan fingerprint density at radius 2 is 1.50 bits per heavy atom. The number of benzene rings is 4. The smallest absolute Gasteiger partial charge is 0.328 e. The highest BCUT2D eigenvalue weighted by Crippen LogP contribution is 2.27. The van der Waals surface area contributed by atoms with Crippen molar-refractivity contribution in [1.82, 2.24) is 9.97 Å². The Balaban J connectivity index is 1.42. The van der Waals surface area contributed by atoms with E-state index in [0.29, 0.717) is 35.6 Å². The summed E-state index contributed by atoms with van der Waals surface area (Å²) >= 11 is 0. The standard InChI is InChI=1S/C35H32FN3O3/c1-2-41-35(40)31(21-26-14-8-4-9-15-26)39-34-30(20-25-12-6-3-7-13-25)38-32(23-37-34)28-18-19-33(29(36)22-28)42-24-27-16-10-5-11-17-27/h3-19,22-23,31H,2,20-21,24H2,1H3,(H,37,39)/t31-/m0/s1. The highest BCUT2D eigenvalue weighted by molar-refractivity contribution is 5.79.